The molecule has 8 atom stereocenters. The molecule has 3 amide bonds. The first-order chi connectivity index (χ1) is 21.6. The first-order valence-electron chi connectivity index (χ1n) is 16.1. The topological polar surface area (TPSA) is 106 Å². The number of fused-ring (bicyclic) bond motifs is 1. The fourth-order valence-electron chi connectivity index (χ4n) is 7.89. The quantitative estimate of drug-likeness (QED) is 0.400. The molecule has 1 aliphatic carbocycles. The highest BCUT2D eigenvalue weighted by Gasteiger charge is 2.72. The molecule has 3 aliphatic heterocycles. The van der Waals surface area contributed by atoms with Crippen molar-refractivity contribution in [2.45, 2.75) is 77.2 Å². The van der Waals surface area contributed by atoms with E-state index in [9.17, 15) is 14.4 Å². The van der Waals surface area contributed by atoms with Gasteiger partial charge in [-0.1, -0.05) is 51.0 Å². The summed E-state index contributed by atoms with van der Waals surface area (Å²) in [5, 5.41) is 6.36. The van der Waals surface area contributed by atoms with Crippen molar-refractivity contribution in [2.24, 2.45) is 23.7 Å². The van der Waals surface area contributed by atoms with Gasteiger partial charge < -0.3 is 29.7 Å². The summed E-state index contributed by atoms with van der Waals surface area (Å²) in [4.78, 5) is 44.2. The minimum atomic E-state index is -1.21. The number of carbonyl (C=O) groups is 3. The Morgan fingerprint density at radius 3 is 2.51 bits per heavy atom. The van der Waals surface area contributed by atoms with Crippen LogP contribution in [-0.2, 0) is 25.5 Å². The molecule has 6 rings (SSSR count). The molecule has 3 heterocycles. The van der Waals surface area contributed by atoms with Gasteiger partial charge >= 0.3 is 0 Å². The summed E-state index contributed by atoms with van der Waals surface area (Å²) >= 11 is 0. The average molecular weight is 616 g/mol. The van der Waals surface area contributed by atoms with Gasteiger partial charge in [0, 0.05) is 18.3 Å². The summed E-state index contributed by atoms with van der Waals surface area (Å²) in [5.41, 5.74) is 2.60. The van der Waals surface area contributed by atoms with E-state index in [0.29, 0.717) is 35.4 Å². The Hall–Kier alpha value is -3.85. The van der Waals surface area contributed by atoms with Crippen LogP contribution in [0.25, 0.3) is 0 Å². The number of anilines is 1. The number of amides is 3. The van der Waals surface area contributed by atoms with Gasteiger partial charge in [-0.3, -0.25) is 14.4 Å². The second-order valence-corrected chi connectivity index (χ2v) is 13.3. The fourth-order valence-corrected chi connectivity index (χ4v) is 7.89. The molecule has 0 aromatic heterocycles. The van der Waals surface area contributed by atoms with Crippen LogP contribution in [0.5, 0.6) is 11.5 Å². The number of aryl methyl sites for hydroxylation is 2. The van der Waals surface area contributed by atoms with Crippen molar-refractivity contribution >= 4 is 23.4 Å². The van der Waals surface area contributed by atoms with Crippen molar-refractivity contribution in [1.29, 1.82) is 0 Å². The van der Waals surface area contributed by atoms with Gasteiger partial charge in [0.1, 0.15) is 11.6 Å². The summed E-state index contributed by atoms with van der Waals surface area (Å²) < 4.78 is 17.4. The Balaban J connectivity index is 1.30. The number of nitrogens with zero attached hydrogens (tertiary/aromatic N) is 1. The van der Waals surface area contributed by atoms with Crippen LogP contribution in [0.1, 0.15) is 49.8 Å². The smallest absolute Gasteiger partial charge is 0.246 e. The van der Waals surface area contributed by atoms with Crippen molar-refractivity contribution in [3.8, 4) is 11.5 Å². The molecule has 2 N–H and O–H groups in total. The Morgan fingerprint density at radius 1 is 1.00 bits per heavy atom. The summed E-state index contributed by atoms with van der Waals surface area (Å²) in [6.45, 7) is 8.73. The van der Waals surface area contributed by atoms with Crippen LogP contribution in [0, 0.1) is 37.5 Å². The van der Waals surface area contributed by atoms with E-state index in [2.05, 4.69) is 24.5 Å². The van der Waals surface area contributed by atoms with Crippen LogP contribution in [0.2, 0.25) is 0 Å². The van der Waals surface area contributed by atoms with Crippen molar-refractivity contribution in [3.63, 3.8) is 0 Å². The van der Waals surface area contributed by atoms with E-state index in [1.54, 1.807) is 19.1 Å². The van der Waals surface area contributed by atoms with Crippen molar-refractivity contribution in [1.82, 2.24) is 10.2 Å². The SMILES string of the molecule is COc1ccc(CCN2C(=O)[C@H]3[C@H](C(=O)Nc4ccc(C)c(C)c4)[C@H]4C=C[C@@]3(O4)[C@@H]2C(=O)N[C@@H]2CCC[C@H](C)[C@@H]2C)cc1OC. The Morgan fingerprint density at radius 2 is 1.78 bits per heavy atom. The lowest BCUT2D eigenvalue weighted by Gasteiger charge is -2.38. The van der Waals surface area contributed by atoms with Gasteiger partial charge in [0.05, 0.1) is 32.2 Å². The van der Waals surface area contributed by atoms with Crippen molar-refractivity contribution < 1.29 is 28.6 Å². The zero-order valence-electron chi connectivity index (χ0n) is 27.1. The first-order valence-corrected chi connectivity index (χ1v) is 16.1. The normalized spacial score (nSPS) is 31.6. The molecule has 4 aliphatic rings. The highest BCUT2D eigenvalue weighted by atomic mass is 16.5. The van der Waals surface area contributed by atoms with Gasteiger partial charge in [-0.05, 0) is 79.5 Å². The Labute approximate surface area is 265 Å². The van der Waals surface area contributed by atoms with Crippen LogP contribution in [-0.4, -0.2) is 67.2 Å². The van der Waals surface area contributed by atoms with Crippen LogP contribution >= 0.6 is 0 Å². The molecule has 3 fully saturated rings. The van der Waals surface area contributed by atoms with E-state index in [1.165, 1.54) is 0 Å². The van der Waals surface area contributed by atoms with E-state index in [-0.39, 0.29) is 30.3 Å². The number of hydrogen-bond donors (Lipinski definition) is 2. The van der Waals surface area contributed by atoms with Gasteiger partial charge in [-0.25, -0.2) is 0 Å². The highest BCUT2D eigenvalue weighted by Crippen LogP contribution is 2.55. The lowest BCUT2D eigenvalue weighted by Crippen LogP contribution is -2.58. The van der Waals surface area contributed by atoms with E-state index in [4.69, 9.17) is 14.2 Å². The minimum Gasteiger partial charge on any atom is -0.493 e. The zero-order chi connectivity index (χ0) is 32.0. The number of rotatable bonds is 9. The van der Waals surface area contributed by atoms with Gasteiger partial charge in [0.2, 0.25) is 17.7 Å². The molecule has 0 unspecified atom stereocenters. The molecule has 1 saturated carbocycles. The molecular formula is C36H45N3O6. The number of carbonyl (C=O) groups excluding carboxylic acids is 3. The number of benzene rings is 2. The summed E-state index contributed by atoms with van der Waals surface area (Å²) in [5.74, 6) is -0.239. The second kappa shape index (κ2) is 12.2. The minimum absolute atomic E-state index is 0.0194. The van der Waals surface area contributed by atoms with E-state index in [0.717, 1.165) is 36.0 Å². The van der Waals surface area contributed by atoms with Crippen molar-refractivity contribution in [2.75, 3.05) is 26.1 Å². The summed E-state index contributed by atoms with van der Waals surface area (Å²) in [6, 6.07) is 10.6. The number of ether oxygens (including phenoxy) is 3. The number of hydrogen-bond acceptors (Lipinski definition) is 6. The monoisotopic (exact) mass is 615 g/mol. The maximum Gasteiger partial charge on any atom is 0.246 e. The first kappa shape index (κ1) is 31.1. The third kappa shape index (κ3) is 5.39. The third-order valence-corrected chi connectivity index (χ3v) is 10.8. The number of likely N-dealkylation sites (tertiary alicyclic amines) is 1. The number of nitrogens with one attached hydrogen (secondary N) is 2. The fraction of sp³-hybridized carbons (Fsp3) is 0.528. The molecule has 9 nitrogen and oxygen atoms in total. The summed E-state index contributed by atoms with van der Waals surface area (Å²) in [7, 11) is 3.17. The molecule has 0 radical (unpaired) electrons. The molecule has 2 bridgehead atoms. The Kier molecular flexibility index (Phi) is 8.41. The maximum absolute atomic E-state index is 14.4. The van der Waals surface area contributed by atoms with Gasteiger partial charge in [0.15, 0.2) is 11.5 Å². The molecule has 2 aromatic carbocycles. The molecule has 1 spiro atoms. The van der Waals surface area contributed by atoms with Crippen LogP contribution < -0.4 is 20.1 Å². The largest absolute Gasteiger partial charge is 0.493 e. The summed E-state index contributed by atoms with van der Waals surface area (Å²) in [6.07, 6.45) is 6.73. The predicted molar refractivity (Wildman–Crippen MR) is 171 cm³/mol. The van der Waals surface area contributed by atoms with Gasteiger partial charge in [-0.2, -0.15) is 0 Å². The van der Waals surface area contributed by atoms with E-state index in [1.807, 2.05) is 62.4 Å². The van der Waals surface area contributed by atoms with Crippen LogP contribution in [0.15, 0.2) is 48.6 Å². The molecule has 9 heteroatoms. The lowest BCUT2D eigenvalue weighted by atomic mass is 9.73. The average Bonchev–Trinajstić information content (AvgIpc) is 3.67. The Bertz CT molecular complexity index is 1520. The molecule has 2 aromatic rings. The number of methoxy groups -OCH3 is 2. The predicted octanol–water partition coefficient (Wildman–Crippen LogP) is 4.59. The molecular weight excluding hydrogens is 570 g/mol. The van der Waals surface area contributed by atoms with Crippen LogP contribution in [0.3, 0.4) is 0 Å². The van der Waals surface area contributed by atoms with Crippen LogP contribution in [0.4, 0.5) is 5.69 Å². The molecule has 45 heavy (non-hydrogen) atoms. The standard InChI is InChI=1S/C36H45N3O6/c1-20-10-12-25(18-22(20)3)37-33(40)30-28-14-16-36(45-28)31(30)35(42)39(17-15-24-11-13-27(43-5)29(19-24)44-6)32(36)34(41)38-26-9-7-8-21(2)23(26)4/h10-14,16,18-19,21,23,26,28,30-32H,7-9,15,17H2,1-6H3,(H,37,40)(H,38,41)/t21-,23-,26+,28+,30+,31+,32-,36-/m0/s1. The lowest BCUT2D eigenvalue weighted by molar-refractivity contribution is -0.141. The van der Waals surface area contributed by atoms with Gasteiger partial charge in [0.25, 0.3) is 0 Å². The highest BCUT2D eigenvalue weighted by molar-refractivity contribution is 6.02. The van der Waals surface area contributed by atoms with E-state index < -0.39 is 29.6 Å². The van der Waals surface area contributed by atoms with Crippen molar-refractivity contribution in [3.05, 3.63) is 65.2 Å². The maximum atomic E-state index is 14.4. The molecule has 240 valence electrons. The second-order valence-electron chi connectivity index (χ2n) is 13.3. The zero-order valence-corrected chi connectivity index (χ0v) is 27.1. The van der Waals surface area contributed by atoms with Gasteiger partial charge in [-0.15, -0.1) is 0 Å². The third-order valence-electron chi connectivity index (χ3n) is 10.8. The molecule has 2 saturated heterocycles. The van der Waals surface area contributed by atoms with E-state index >= 15 is 0 Å².